The molecule has 1 saturated heterocycles. The number of phenolic OH excluding ortho intramolecular Hbond substituents is 1. The first-order valence-corrected chi connectivity index (χ1v) is 11.6. The van der Waals surface area contributed by atoms with Crippen molar-refractivity contribution >= 4 is 29.5 Å². The first kappa shape index (κ1) is 26.5. The highest BCUT2D eigenvalue weighted by molar-refractivity contribution is 6.01. The molecular weight excluding hydrogens is 468 g/mol. The van der Waals surface area contributed by atoms with Crippen LogP contribution in [-0.4, -0.2) is 71.7 Å². The number of urea groups is 1. The normalized spacial score (nSPS) is 16.6. The fraction of sp³-hybridized carbons (Fsp3) is 0.360. The van der Waals surface area contributed by atoms with E-state index in [4.69, 9.17) is 9.84 Å². The van der Waals surface area contributed by atoms with Crippen molar-refractivity contribution in [1.29, 1.82) is 0 Å². The molecule has 5 N–H and O–H groups in total. The van der Waals surface area contributed by atoms with Gasteiger partial charge in [0, 0.05) is 25.3 Å². The summed E-state index contributed by atoms with van der Waals surface area (Å²) in [5.74, 6) is -1.99. The van der Waals surface area contributed by atoms with Gasteiger partial charge < -0.3 is 30.9 Å². The molecule has 1 heterocycles. The Balaban J connectivity index is 1.67. The second-order valence-corrected chi connectivity index (χ2v) is 8.37. The number of benzene rings is 2. The number of amides is 4. The number of rotatable bonds is 8. The third kappa shape index (κ3) is 6.51. The van der Waals surface area contributed by atoms with Crippen LogP contribution in [0.4, 0.5) is 10.5 Å². The van der Waals surface area contributed by atoms with Crippen molar-refractivity contribution in [2.75, 3.05) is 32.1 Å². The fourth-order valence-electron chi connectivity index (χ4n) is 3.94. The third-order valence-electron chi connectivity index (χ3n) is 5.92. The van der Waals surface area contributed by atoms with Crippen molar-refractivity contribution in [3.05, 3.63) is 53.6 Å². The molecule has 192 valence electrons. The SMILES string of the molecule is CCC(NC(=O)N1CCNCC(Cc2cc(O)ccc2OC)C1=O)C(=O)Nc1ccc(C(=O)O)cc1. The second-order valence-electron chi connectivity index (χ2n) is 8.37. The lowest BCUT2D eigenvalue weighted by atomic mass is 9.97. The standard InChI is InChI=1S/C25H30N4O7/c1-3-20(22(31)27-18-6-4-15(5-7-18)24(33)34)28-25(35)29-11-10-26-14-17(23(29)32)12-16-13-19(30)8-9-21(16)36-2/h4-9,13,17,20,26,30H,3,10-12,14H2,1-2H3,(H,27,31)(H,28,35)(H,33,34). The summed E-state index contributed by atoms with van der Waals surface area (Å²) in [6.45, 7) is 2.59. The van der Waals surface area contributed by atoms with Gasteiger partial charge in [-0.2, -0.15) is 0 Å². The highest BCUT2D eigenvalue weighted by Crippen LogP contribution is 2.26. The van der Waals surface area contributed by atoms with Crippen LogP contribution >= 0.6 is 0 Å². The number of nitrogens with one attached hydrogen (secondary N) is 3. The molecule has 0 saturated carbocycles. The molecule has 0 radical (unpaired) electrons. The minimum absolute atomic E-state index is 0.0452. The summed E-state index contributed by atoms with van der Waals surface area (Å²) in [5, 5.41) is 27.3. The number of imide groups is 1. The van der Waals surface area contributed by atoms with E-state index in [0.717, 1.165) is 4.90 Å². The summed E-state index contributed by atoms with van der Waals surface area (Å²) in [5.41, 5.74) is 1.10. The quantitative estimate of drug-likeness (QED) is 0.369. The van der Waals surface area contributed by atoms with Crippen LogP contribution in [0.3, 0.4) is 0 Å². The summed E-state index contributed by atoms with van der Waals surface area (Å²) >= 11 is 0. The number of hydrogen-bond donors (Lipinski definition) is 5. The molecule has 4 amide bonds. The monoisotopic (exact) mass is 498 g/mol. The lowest BCUT2D eigenvalue weighted by Gasteiger charge is -2.25. The molecule has 2 atom stereocenters. The number of hydrogen-bond acceptors (Lipinski definition) is 7. The molecular formula is C25H30N4O7. The van der Waals surface area contributed by atoms with Gasteiger partial charge in [0.2, 0.25) is 11.8 Å². The number of methoxy groups -OCH3 is 1. The van der Waals surface area contributed by atoms with E-state index in [1.165, 1.54) is 43.5 Å². The summed E-state index contributed by atoms with van der Waals surface area (Å²) in [7, 11) is 1.50. The molecule has 0 aliphatic carbocycles. The number of aromatic carboxylic acids is 1. The molecule has 3 rings (SSSR count). The largest absolute Gasteiger partial charge is 0.508 e. The number of nitrogens with zero attached hydrogens (tertiary/aromatic N) is 1. The van der Waals surface area contributed by atoms with Gasteiger partial charge in [-0.15, -0.1) is 0 Å². The summed E-state index contributed by atoms with van der Waals surface area (Å²) in [4.78, 5) is 51.1. The molecule has 2 unspecified atom stereocenters. The smallest absolute Gasteiger partial charge is 0.335 e. The number of carbonyl (C=O) groups is 4. The molecule has 11 nitrogen and oxygen atoms in total. The maximum atomic E-state index is 13.3. The summed E-state index contributed by atoms with van der Waals surface area (Å²) < 4.78 is 5.33. The lowest BCUT2D eigenvalue weighted by Crippen LogP contribution is -2.52. The van der Waals surface area contributed by atoms with Crippen LogP contribution in [0.15, 0.2) is 42.5 Å². The molecule has 11 heteroatoms. The minimum Gasteiger partial charge on any atom is -0.508 e. The van der Waals surface area contributed by atoms with Crippen molar-refractivity contribution in [3.8, 4) is 11.5 Å². The van der Waals surface area contributed by atoms with Gasteiger partial charge in [0.1, 0.15) is 17.5 Å². The Morgan fingerprint density at radius 1 is 1.19 bits per heavy atom. The number of aromatic hydroxyl groups is 1. The van der Waals surface area contributed by atoms with Crippen molar-refractivity contribution in [2.45, 2.75) is 25.8 Å². The van der Waals surface area contributed by atoms with Gasteiger partial charge in [-0.25, -0.2) is 9.59 Å². The van der Waals surface area contributed by atoms with Crippen LogP contribution in [0.25, 0.3) is 0 Å². The molecule has 0 spiro atoms. The number of ether oxygens (including phenoxy) is 1. The van der Waals surface area contributed by atoms with Crippen molar-refractivity contribution in [1.82, 2.24) is 15.5 Å². The van der Waals surface area contributed by atoms with E-state index in [9.17, 15) is 24.3 Å². The minimum atomic E-state index is -1.08. The van der Waals surface area contributed by atoms with Crippen LogP contribution < -0.4 is 20.7 Å². The van der Waals surface area contributed by atoms with Crippen molar-refractivity contribution < 1.29 is 34.1 Å². The molecule has 2 aromatic carbocycles. The van der Waals surface area contributed by atoms with E-state index >= 15 is 0 Å². The van der Waals surface area contributed by atoms with Crippen LogP contribution in [0.2, 0.25) is 0 Å². The van der Waals surface area contributed by atoms with Gasteiger partial charge in [-0.3, -0.25) is 14.5 Å². The number of carbonyl (C=O) groups excluding carboxylic acids is 3. The van der Waals surface area contributed by atoms with Gasteiger partial charge in [0.15, 0.2) is 0 Å². The third-order valence-corrected chi connectivity index (χ3v) is 5.92. The molecule has 1 aliphatic heterocycles. The topological polar surface area (TPSA) is 157 Å². The molecule has 0 aromatic heterocycles. The van der Waals surface area contributed by atoms with Gasteiger partial charge in [0.05, 0.1) is 18.6 Å². The van der Waals surface area contributed by atoms with Crippen LogP contribution in [0.5, 0.6) is 11.5 Å². The Labute approximate surface area is 208 Å². The molecule has 0 bridgehead atoms. The zero-order valence-corrected chi connectivity index (χ0v) is 20.1. The van der Waals surface area contributed by atoms with E-state index < -0.39 is 35.8 Å². The van der Waals surface area contributed by atoms with Crippen LogP contribution in [0.1, 0.15) is 29.3 Å². The second kappa shape index (κ2) is 12.0. The Morgan fingerprint density at radius 3 is 2.56 bits per heavy atom. The number of anilines is 1. The van der Waals surface area contributed by atoms with Crippen LogP contribution in [-0.2, 0) is 16.0 Å². The van der Waals surface area contributed by atoms with Crippen molar-refractivity contribution in [2.24, 2.45) is 5.92 Å². The molecule has 1 fully saturated rings. The van der Waals surface area contributed by atoms with E-state index in [-0.39, 0.29) is 30.7 Å². The summed E-state index contributed by atoms with van der Waals surface area (Å²) in [6.07, 6.45) is 0.520. The van der Waals surface area contributed by atoms with Crippen LogP contribution in [0, 0.1) is 5.92 Å². The van der Waals surface area contributed by atoms with E-state index in [1.807, 2.05) is 0 Å². The number of carboxylic acid groups (broad SMARTS) is 1. The highest BCUT2D eigenvalue weighted by atomic mass is 16.5. The maximum Gasteiger partial charge on any atom is 0.335 e. The Hall–Kier alpha value is -4.12. The average molecular weight is 499 g/mol. The first-order valence-electron chi connectivity index (χ1n) is 11.6. The van der Waals surface area contributed by atoms with Gasteiger partial charge in [-0.1, -0.05) is 6.92 Å². The predicted octanol–water partition coefficient (Wildman–Crippen LogP) is 1.82. The highest BCUT2D eigenvalue weighted by Gasteiger charge is 2.33. The average Bonchev–Trinajstić information content (AvgIpc) is 3.04. The maximum absolute atomic E-state index is 13.3. The van der Waals surface area contributed by atoms with E-state index in [0.29, 0.717) is 30.1 Å². The van der Waals surface area contributed by atoms with E-state index in [2.05, 4.69) is 16.0 Å². The van der Waals surface area contributed by atoms with E-state index in [1.54, 1.807) is 13.0 Å². The zero-order valence-electron chi connectivity index (χ0n) is 20.1. The molecule has 36 heavy (non-hydrogen) atoms. The molecule has 1 aliphatic rings. The van der Waals surface area contributed by atoms with Gasteiger partial charge in [-0.05, 0) is 60.9 Å². The first-order chi connectivity index (χ1) is 17.2. The van der Waals surface area contributed by atoms with Gasteiger partial charge >= 0.3 is 12.0 Å². The predicted molar refractivity (Wildman–Crippen MR) is 131 cm³/mol. The summed E-state index contributed by atoms with van der Waals surface area (Å²) in [6, 6.07) is 8.69. The Kier molecular flexibility index (Phi) is 8.85. The Bertz CT molecular complexity index is 1120. The number of carboxylic acids is 1. The van der Waals surface area contributed by atoms with Gasteiger partial charge in [0.25, 0.3) is 0 Å². The molecule has 2 aromatic rings. The van der Waals surface area contributed by atoms with Crippen molar-refractivity contribution in [3.63, 3.8) is 0 Å². The lowest BCUT2D eigenvalue weighted by molar-refractivity contribution is -0.131. The zero-order chi connectivity index (χ0) is 26.2. The number of phenols is 1. The Morgan fingerprint density at radius 2 is 1.92 bits per heavy atom. The fourth-order valence-corrected chi connectivity index (χ4v) is 3.94.